The molecule has 0 spiro atoms. The zero-order chi connectivity index (χ0) is 13.3. The van der Waals surface area contributed by atoms with Crippen molar-refractivity contribution in [3.63, 3.8) is 0 Å². The lowest BCUT2D eigenvalue weighted by Gasteiger charge is -2.34. The fraction of sp³-hybridized carbons (Fsp3) is 0.538. The summed E-state index contributed by atoms with van der Waals surface area (Å²) in [7, 11) is 0. The molecule has 0 bridgehead atoms. The van der Waals surface area contributed by atoms with E-state index in [1.807, 2.05) is 25.7 Å². The Balaban J connectivity index is 2.08. The molecule has 18 heavy (non-hydrogen) atoms. The van der Waals surface area contributed by atoms with Gasteiger partial charge < -0.3 is 9.64 Å². The molecule has 2 rings (SSSR count). The van der Waals surface area contributed by atoms with Crippen molar-refractivity contribution in [1.29, 1.82) is 0 Å². The molecule has 4 nitrogen and oxygen atoms in total. The lowest BCUT2D eigenvalue weighted by atomic mass is 10.1. The third-order valence-electron chi connectivity index (χ3n) is 2.74. The summed E-state index contributed by atoms with van der Waals surface area (Å²) in [6.07, 6.45) is 3.36. The molecule has 0 unspecified atom stereocenters. The van der Waals surface area contributed by atoms with Crippen LogP contribution in [0.15, 0.2) is 22.9 Å². The molecule has 0 aromatic carbocycles. The highest BCUT2D eigenvalue weighted by Gasteiger charge is 2.40. The summed E-state index contributed by atoms with van der Waals surface area (Å²) in [5, 5.41) is 0. The molecule has 0 N–H and O–H groups in total. The van der Waals surface area contributed by atoms with Gasteiger partial charge >= 0.3 is 6.09 Å². The first-order valence-electron chi connectivity index (χ1n) is 6.00. The van der Waals surface area contributed by atoms with Crippen LogP contribution in [0.1, 0.15) is 33.6 Å². The Morgan fingerprint density at radius 2 is 2.11 bits per heavy atom. The number of pyridine rings is 1. The summed E-state index contributed by atoms with van der Waals surface area (Å²) in [6.45, 7) is 6.06. The van der Waals surface area contributed by atoms with Crippen LogP contribution in [-0.4, -0.2) is 27.6 Å². The Morgan fingerprint density at radius 3 is 2.56 bits per heavy atom. The summed E-state index contributed by atoms with van der Waals surface area (Å²) in [5.41, 5.74) is -0.221. The van der Waals surface area contributed by atoms with Crippen LogP contribution in [0, 0.1) is 0 Å². The first-order chi connectivity index (χ1) is 8.38. The predicted molar refractivity (Wildman–Crippen MR) is 72.6 cm³/mol. The fourth-order valence-electron chi connectivity index (χ4n) is 1.88. The van der Waals surface area contributed by atoms with Gasteiger partial charge in [0, 0.05) is 11.6 Å². The van der Waals surface area contributed by atoms with Crippen LogP contribution in [0.4, 0.5) is 4.79 Å². The molecule has 0 aliphatic heterocycles. The van der Waals surface area contributed by atoms with Crippen molar-refractivity contribution >= 4 is 22.0 Å². The van der Waals surface area contributed by atoms with Crippen LogP contribution in [0.25, 0.3) is 0 Å². The third kappa shape index (κ3) is 3.22. The van der Waals surface area contributed by atoms with Crippen molar-refractivity contribution in [2.45, 2.75) is 45.2 Å². The second-order valence-corrected chi connectivity index (χ2v) is 6.27. The number of hydrogen-bond donors (Lipinski definition) is 0. The van der Waals surface area contributed by atoms with Gasteiger partial charge in [0.2, 0.25) is 0 Å². The van der Waals surface area contributed by atoms with Crippen LogP contribution in [0.3, 0.4) is 0 Å². The van der Waals surface area contributed by atoms with E-state index in [2.05, 4.69) is 20.9 Å². The minimum absolute atomic E-state index is 0.221. The Bertz CT molecular complexity index is 435. The maximum atomic E-state index is 12.2. The molecule has 1 amide bonds. The topological polar surface area (TPSA) is 42.4 Å². The zero-order valence-electron chi connectivity index (χ0n) is 10.8. The first-order valence-corrected chi connectivity index (χ1v) is 6.80. The predicted octanol–water partition coefficient (Wildman–Crippen LogP) is 3.61. The minimum atomic E-state index is -0.297. The summed E-state index contributed by atoms with van der Waals surface area (Å²) < 4.78 is 6.08. The number of aromatic nitrogens is 1. The average molecular weight is 313 g/mol. The quantitative estimate of drug-likeness (QED) is 0.783. The van der Waals surface area contributed by atoms with Gasteiger partial charge in [-0.15, -0.1) is 0 Å². The zero-order valence-corrected chi connectivity index (χ0v) is 12.4. The highest BCUT2D eigenvalue weighted by atomic mass is 79.9. The van der Waals surface area contributed by atoms with Gasteiger partial charge in [0.15, 0.2) is 5.75 Å². The van der Waals surface area contributed by atoms with Crippen LogP contribution in [-0.2, 0) is 0 Å². The van der Waals surface area contributed by atoms with Gasteiger partial charge in [-0.05, 0) is 61.7 Å². The number of amides is 1. The highest BCUT2D eigenvalue weighted by molar-refractivity contribution is 9.10. The van der Waals surface area contributed by atoms with Gasteiger partial charge in [0.25, 0.3) is 0 Å². The van der Waals surface area contributed by atoms with Gasteiger partial charge in [0.05, 0.1) is 6.20 Å². The molecule has 1 saturated carbocycles. The SMILES string of the molecule is CC(C)(C)N(C(=O)Oc1ccc(Br)nc1)C1CC1. The van der Waals surface area contributed by atoms with Crippen LogP contribution < -0.4 is 4.74 Å². The average Bonchev–Trinajstić information content (AvgIpc) is 3.04. The summed E-state index contributed by atoms with van der Waals surface area (Å²) in [6, 6.07) is 3.80. The number of carbonyl (C=O) groups is 1. The van der Waals surface area contributed by atoms with Gasteiger partial charge in [-0.3, -0.25) is 0 Å². The molecule has 1 fully saturated rings. The Labute approximate surface area is 115 Å². The third-order valence-corrected chi connectivity index (χ3v) is 3.21. The Hall–Kier alpha value is -1.10. The first kappa shape index (κ1) is 13.3. The van der Waals surface area contributed by atoms with Crippen molar-refractivity contribution in [1.82, 2.24) is 9.88 Å². The van der Waals surface area contributed by atoms with Gasteiger partial charge in [-0.25, -0.2) is 9.78 Å². The van der Waals surface area contributed by atoms with Crippen LogP contribution in [0.2, 0.25) is 0 Å². The standard InChI is InChI=1S/C13H17BrN2O2/c1-13(2,3)16(9-4-5-9)12(17)18-10-6-7-11(14)15-8-10/h6-9H,4-5H2,1-3H3. The van der Waals surface area contributed by atoms with Gasteiger partial charge in [0.1, 0.15) is 4.60 Å². The fourth-order valence-corrected chi connectivity index (χ4v) is 2.11. The van der Waals surface area contributed by atoms with Crippen molar-refractivity contribution < 1.29 is 9.53 Å². The van der Waals surface area contributed by atoms with Crippen molar-refractivity contribution in [2.75, 3.05) is 0 Å². The van der Waals surface area contributed by atoms with Crippen LogP contribution >= 0.6 is 15.9 Å². The largest absolute Gasteiger partial charge is 0.415 e. The number of halogens is 1. The molecular formula is C13H17BrN2O2. The molecule has 5 heteroatoms. The Kier molecular flexibility index (Phi) is 3.61. The molecule has 1 aromatic rings. The molecule has 0 saturated heterocycles. The number of ether oxygens (including phenoxy) is 1. The van der Waals surface area contributed by atoms with Crippen molar-refractivity contribution in [3.05, 3.63) is 22.9 Å². The number of carbonyl (C=O) groups excluding carboxylic acids is 1. The second kappa shape index (κ2) is 4.88. The lowest BCUT2D eigenvalue weighted by Crippen LogP contribution is -2.48. The summed E-state index contributed by atoms with van der Waals surface area (Å²) >= 11 is 3.24. The van der Waals surface area contributed by atoms with E-state index in [1.54, 1.807) is 12.1 Å². The second-order valence-electron chi connectivity index (χ2n) is 5.46. The highest BCUT2D eigenvalue weighted by Crippen LogP contribution is 2.33. The van der Waals surface area contributed by atoms with E-state index >= 15 is 0 Å². The summed E-state index contributed by atoms with van der Waals surface area (Å²) in [5.74, 6) is 0.470. The number of hydrogen-bond acceptors (Lipinski definition) is 3. The molecule has 1 aromatic heterocycles. The molecule has 1 aliphatic carbocycles. The maximum Gasteiger partial charge on any atom is 0.415 e. The van der Waals surface area contributed by atoms with Crippen molar-refractivity contribution in [2.24, 2.45) is 0 Å². The molecule has 1 heterocycles. The van der Waals surface area contributed by atoms with E-state index in [-0.39, 0.29) is 11.6 Å². The number of rotatable bonds is 2. The smallest absolute Gasteiger partial charge is 0.409 e. The van der Waals surface area contributed by atoms with E-state index in [4.69, 9.17) is 4.74 Å². The molecule has 98 valence electrons. The van der Waals surface area contributed by atoms with E-state index in [0.717, 1.165) is 17.4 Å². The van der Waals surface area contributed by atoms with E-state index in [9.17, 15) is 4.79 Å². The monoisotopic (exact) mass is 312 g/mol. The minimum Gasteiger partial charge on any atom is -0.409 e. The normalized spacial score (nSPS) is 15.3. The Morgan fingerprint density at radius 1 is 1.44 bits per heavy atom. The maximum absolute atomic E-state index is 12.2. The van der Waals surface area contributed by atoms with E-state index in [0.29, 0.717) is 11.8 Å². The van der Waals surface area contributed by atoms with Crippen molar-refractivity contribution in [3.8, 4) is 5.75 Å². The molecule has 0 radical (unpaired) electrons. The lowest BCUT2D eigenvalue weighted by molar-refractivity contribution is 0.101. The molecule has 1 aliphatic rings. The molecular weight excluding hydrogens is 296 g/mol. The summed E-state index contributed by atoms with van der Waals surface area (Å²) in [4.78, 5) is 18.0. The van der Waals surface area contributed by atoms with Gasteiger partial charge in [-0.2, -0.15) is 0 Å². The van der Waals surface area contributed by atoms with E-state index < -0.39 is 0 Å². The van der Waals surface area contributed by atoms with Gasteiger partial charge in [-0.1, -0.05) is 0 Å². The van der Waals surface area contributed by atoms with Crippen LogP contribution in [0.5, 0.6) is 5.75 Å². The van der Waals surface area contributed by atoms with E-state index in [1.165, 1.54) is 6.20 Å². The number of nitrogens with zero attached hydrogens (tertiary/aromatic N) is 2. The molecule has 0 atom stereocenters.